The second-order valence-corrected chi connectivity index (χ2v) is 8.18. The van der Waals surface area contributed by atoms with Crippen molar-refractivity contribution < 1.29 is 0 Å². The Morgan fingerprint density at radius 1 is 1.40 bits per heavy atom. The number of nitrogens with zero attached hydrogens (tertiary/aromatic N) is 1. The molecule has 2 N–H and O–H groups in total. The van der Waals surface area contributed by atoms with Crippen LogP contribution in [0.2, 0.25) is 5.02 Å². The number of nitrogens with two attached hydrogens (primary N) is 1. The van der Waals surface area contributed by atoms with Crippen molar-refractivity contribution in [3.8, 4) is 0 Å². The number of thioether (sulfide) groups is 1. The summed E-state index contributed by atoms with van der Waals surface area (Å²) in [6, 6.07) is 4.17. The van der Waals surface area contributed by atoms with Crippen molar-refractivity contribution in [3.63, 3.8) is 0 Å². The summed E-state index contributed by atoms with van der Waals surface area (Å²) in [5.74, 6) is 0.761. The van der Waals surface area contributed by atoms with Crippen LogP contribution in [0.3, 0.4) is 0 Å². The van der Waals surface area contributed by atoms with E-state index in [0.717, 1.165) is 17.4 Å². The van der Waals surface area contributed by atoms with Crippen LogP contribution >= 0.6 is 23.4 Å². The van der Waals surface area contributed by atoms with Gasteiger partial charge in [0.15, 0.2) is 0 Å². The number of hydrogen-bond donors (Lipinski definition) is 1. The molecule has 3 unspecified atom stereocenters. The van der Waals surface area contributed by atoms with Crippen LogP contribution in [-0.2, 0) is 0 Å². The summed E-state index contributed by atoms with van der Waals surface area (Å²) in [4.78, 5) is 4.39. The maximum Gasteiger partial charge on any atom is 0.0964 e. The Balaban J connectivity index is 2.04. The smallest absolute Gasteiger partial charge is 0.0964 e. The lowest BCUT2D eigenvalue weighted by atomic mass is 9.69. The minimum atomic E-state index is 0.279. The van der Waals surface area contributed by atoms with Crippen LogP contribution in [0.4, 0.5) is 0 Å². The molecule has 1 fully saturated rings. The van der Waals surface area contributed by atoms with Crippen molar-refractivity contribution in [1.82, 2.24) is 4.98 Å². The molecule has 2 rings (SSSR count). The van der Waals surface area contributed by atoms with E-state index in [2.05, 4.69) is 25.8 Å². The van der Waals surface area contributed by atoms with E-state index in [0.29, 0.717) is 15.7 Å². The van der Waals surface area contributed by atoms with Crippen LogP contribution < -0.4 is 5.73 Å². The molecule has 0 bridgehead atoms. The predicted molar refractivity (Wildman–Crippen MR) is 88.3 cm³/mol. The Labute approximate surface area is 131 Å². The van der Waals surface area contributed by atoms with E-state index >= 15 is 0 Å². The molecule has 0 aliphatic heterocycles. The lowest BCUT2D eigenvalue weighted by Gasteiger charge is -2.41. The van der Waals surface area contributed by atoms with E-state index in [1.54, 1.807) is 6.20 Å². The molecular formula is C16H25ClN2S. The van der Waals surface area contributed by atoms with Crippen LogP contribution in [0.15, 0.2) is 23.4 Å². The molecule has 1 aromatic heterocycles. The SMILES string of the molecule is CCC(C)(C)C1CCC(N)C(Sc2ccc(Cl)cn2)C1. The molecular weight excluding hydrogens is 288 g/mol. The average Bonchev–Trinajstić information content (AvgIpc) is 2.43. The third-order valence-corrected chi connectivity index (χ3v) is 6.38. The predicted octanol–water partition coefficient (Wildman–Crippen LogP) is 4.76. The molecule has 0 saturated heterocycles. The van der Waals surface area contributed by atoms with E-state index in [9.17, 15) is 0 Å². The summed E-state index contributed by atoms with van der Waals surface area (Å²) < 4.78 is 0. The minimum Gasteiger partial charge on any atom is -0.327 e. The fraction of sp³-hybridized carbons (Fsp3) is 0.688. The molecule has 1 aliphatic carbocycles. The van der Waals surface area contributed by atoms with Gasteiger partial charge in [0.05, 0.1) is 10.0 Å². The maximum absolute atomic E-state index is 6.33. The van der Waals surface area contributed by atoms with E-state index in [4.69, 9.17) is 17.3 Å². The summed E-state index contributed by atoms with van der Waals surface area (Å²) >= 11 is 7.71. The van der Waals surface area contributed by atoms with Crippen LogP contribution in [0.1, 0.15) is 46.5 Å². The summed E-state index contributed by atoms with van der Waals surface area (Å²) in [6.45, 7) is 7.06. The van der Waals surface area contributed by atoms with Crippen molar-refractivity contribution >= 4 is 23.4 Å². The highest BCUT2D eigenvalue weighted by molar-refractivity contribution is 7.99. The van der Waals surface area contributed by atoms with Crippen molar-refractivity contribution in [3.05, 3.63) is 23.4 Å². The molecule has 1 saturated carbocycles. The van der Waals surface area contributed by atoms with E-state index < -0.39 is 0 Å². The highest BCUT2D eigenvalue weighted by atomic mass is 35.5. The molecule has 20 heavy (non-hydrogen) atoms. The molecule has 0 spiro atoms. The summed E-state index contributed by atoms with van der Waals surface area (Å²) in [6.07, 6.45) is 6.51. The van der Waals surface area contributed by atoms with Crippen LogP contribution in [0.5, 0.6) is 0 Å². The molecule has 2 nitrogen and oxygen atoms in total. The highest BCUT2D eigenvalue weighted by Crippen LogP contribution is 2.44. The van der Waals surface area contributed by atoms with Gasteiger partial charge in [0.1, 0.15) is 0 Å². The average molecular weight is 313 g/mol. The third-order valence-electron chi connectivity index (χ3n) is 4.83. The summed E-state index contributed by atoms with van der Waals surface area (Å²) in [7, 11) is 0. The first-order valence-corrected chi connectivity index (χ1v) is 8.72. The largest absolute Gasteiger partial charge is 0.327 e. The first-order valence-electron chi connectivity index (χ1n) is 7.46. The monoisotopic (exact) mass is 312 g/mol. The zero-order valence-corrected chi connectivity index (χ0v) is 14.2. The van der Waals surface area contributed by atoms with Crippen molar-refractivity contribution in [1.29, 1.82) is 0 Å². The minimum absolute atomic E-state index is 0.279. The Bertz CT molecular complexity index is 433. The highest BCUT2D eigenvalue weighted by Gasteiger charge is 2.36. The van der Waals surface area contributed by atoms with Gasteiger partial charge in [0, 0.05) is 17.5 Å². The second-order valence-electron chi connectivity index (χ2n) is 6.49. The molecule has 1 aromatic rings. The Morgan fingerprint density at radius 3 is 2.75 bits per heavy atom. The first kappa shape index (κ1) is 16.1. The topological polar surface area (TPSA) is 38.9 Å². The van der Waals surface area contributed by atoms with Crippen molar-refractivity contribution in [2.75, 3.05) is 0 Å². The number of rotatable bonds is 4. The van der Waals surface area contributed by atoms with Crippen molar-refractivity contribution in [2.45, 2.75) is 62.8 Å². The van der Waals surface area contributed by atoms with Crippen LogP contribution in [0.25, 0.3) is 0 Å². The fourth-order valence-corrected chi connectivity index (χ4v) is 4.20. The zero-order valence-electron chi connectivity index (χ0n) is 12.6. The molecule has 0 aromatic carbocycles. The van der Waals surface area contributed by atoms with Gasteiger partial charge in [-0.3, -0.25) is 0 Å². The second kappa shape index (κ2) is 6.67. The van der Waals surface area contributed by atoms with Crippen LogP contribution in [-0.4, -0.2) is 16.3 Å². The molecule has 3 atom stereocenters. The molecule has 4 heteroatoms. The number of aromatic nitrogens is 1. The standard InChI is InChI=1S/C16H25ClN2S/c1-4-16(2,3)11-5-7-13(18)14(9-11)20-15-8-6-12(17)10-19-15/h6,8,10-11,13-14H,4-5,7,9,18H2,1-3H3. The molecule has 0 radical (unpaired) electrons. The molecule has 112 valence electrons. The van der Waals surface area contributed by atoms with Crippen molar-refractivity contribution in [2.24, 2.45) is 17.1 Å². The lowest BCUT2D eigenvalue weighted by molar-refractivity contribution is 0.148. The van der Waals surface area contributed by atoms with E-state index in [1.165, 1.54) is 19.3 Å². The van der Waals surface area contributed by atoms with Gasteiger partial charge in [0.2, 0.25) is 0 Å². The Kier molecular flexibility index (Phi) is 5.38. The number of hydrogen-bond acceptors (Lipinski definition) is 3. The summed E-state index contributed by atoms with van der Waals surface area (Å²) in [5, 5.41) is 2.19. The third kappa shape index (κ3) is 3.90. The zero-order chi connectivity index (χ0) is 14.8. The quantitative estimate of drug-likeness (QED) is 0.871. The van der Waals surface area contributed by atoms with Gasteiger partial charge in [-0.05, 0) is 42.7 Å². The molecule has 1 heterocycles. The molecule has 1 aliphatic rings. The number of halogens is 1. The van der Waals surface area contributed by atoms with Gasteiger partial charge < -0.3 is 5.73 Å². The van der Waals surface area contributed by atoms with Gasteiger partial charge in [-0.1, -0.05) is 38.8 Å². The summed E-state index contributed by atoms with van der Waals surface area (Å²) in [5.41, 5.74) is 6.74. The Morgan fingerprint density at radius 2 is 2.15 bits per heavy atom. The molecule has 0 amide bonds. The van der Waals surface area contributed by atoms with Crippen LogP contribution in [0, 0.1) is 11.3 Å². The van der Waals surface area contributed by atoms with E-state index in [-0.39, 0.29) is 6.04 Å². The fourth-order valence-electron chi connectivity index (χ4n) is 2.87. The van der Waals surface area contributed by atoms with E-state index in [1.807, 2.05) is 23.9 Å². The van der Waals surface area contributed by atoms with Gasteiger partial charge in [-0.2, -0.15) is 0 Å². The van der Waals surface area contributed by atoms with Gasteiger partial charge in [-0.25, -0.2) is 4.98 Å². The van der Waals surface area contributed by atoms with Gasteiger partial charge in [-0.15, -0.1) is 11.8 Å². The Hall–Kier alpha value is -0.250. The van der Waals surface area contributed by atoms with Gasteiger partial charge in [0.25, 0.3) is 0 Å². The normalized spacial score (nSPS) is 27.6. The number of pyridine rings is 1. The first-order chi connectivity index (χ1) is 9.42. The lowest BCUT2D eigenvalue weighted by Crippen LogP contribution is -2.42. The maximum atomic E-state index is 6.33. The van der Waals surface area contributed by atoms with Gasteiger partial charge >= 0.3 is 0 Å².